The molecule has 0 amide bonds. The predicted molar refractivity (Wildman–Crippen MR) is 249 cm³/mol. The number of para-hydroxylation sites is 1. The van der Waals surface area contributed by atoms with E-state index in [0.717, 1.165) is 6.42 Å². The third-order valence-corrected chi connectivity index (χ3v) is 14.9. The second-order valence-electron chi connectivity index (χ2n) is 19.5. The van der Waals surface area contributed by atoms with Crippen molar-refractivity contribution in [3.63, 3.8) is 0 Å². The smallest absolute Gasteiger partial charge is 0.0726 e. The van der Waals surface area contributed by atoms with Crippen LogP contribution >= 0.6 is 0 Å². The maximum absolute atomic E-state index is 2.63. The number of nitrogens with zero attached hydrogens (tertiary/aromatic N) is 1. The Morgan fingerprint density at radius 3 is 1.58 bits per heavy atom. The third-order valence-electron chi connectivity index (χ3n) is 14.9. The van der Waals surface area contributed by atoms with Gasteiger partial charge < -0.3 is 4.90 Å². The summed E-state index contributed by atoms with van der Waals surface area (Å²) >= 11 is 0. The molecule has 59 heavy (non-hydrogen) atoms. The lowest BCUT2D eigenvalue weighted by molar-refractivity contribution is 0.332. The summed E-state index contributed by atoms with van der Waals surface area (Å²) in [6.45, 7) is 14.6. The van der Waals surface area contributed by atoms with Crippen molar-refractivity contribution in [2.45, 2.75) is 102 Å². The van der Waals surface area contributed by atoms with Crippen LogP contribution in [0.15, 0.2) is 146 Å². The van der Waals surface area contributed by atoms with E-state index in [4.69, 9.17) is 0 Å². The van der Waals surface area contributed by atoms with Gasteiger partial charge in [-0.15, -0.1) is 0 Å². The predicted octanol–water partition coefficient (Wildman–Crippen LogP) is 15.5. The van der Waals surface area contributed by atoms with Crippen molar-refractivity contribution >= 4 is 17.1 Å². The highest BCUT2D eigenvalue weighted by molar-refractivity contribution is 6.00. The molecule has 0 radical (unpaired) electrons. The van der Waals surface area contributed by atoms with Crippen molar-refractivity contribution in [3.05, 3.63) is 196 Å². The third kappa shape index (κ3) is 5.29. The van der Waals surface area contributed by atoms with Gasteiger partial charge in [-0.05, 0) is 170 Å². The van der Waals surface area contributed by atoms with Gasteiger partial charge in [0.2, 0.25) is 0 Å². The topological polar surface area (TPSA) is 3.24 Å². The zero-order valence-corrected chi connectivity index (χ0v) is 35.6. The van der Waals surface area contributed by atoms with E-state index < -0.39 is 5.41 Å². The number of fused-ring (bicyclic) bond motifs is 12. The SMILES string of the molecule is CC(C)c1cc2c(cc1-c1cc3c(cc1N(c1ccccc1)c1ccc4c(c1)C(C)(C)CCC4(C)C)C1(c4ccccc4-c4ccccc41)c1ccccc1-3)CCCC2. The van der Waals surface area contributed by atoms with Gasteiger partial charge in [-0.2, -0.15) is 0 Å². The normalized spacial score (nSPS) is 17.1. The fourth-order valence-electron chi connectivity index (χ4n) is 11.8. The van der Waals surface area contributed by atoms with Gasteiger partial charge in [0.25, 0.3) is 0 Å². The monoisotopic (exact) mass is 765 g/mol. The van der Waals surface area contributed by atoms with Crippen LogP contribution in [0.3, 0.4) is 0 Å². The lowest BCUT2D eigenvalue weighted by Gasteiger charge is -2.42. The highest BCUT2D eigenvalue weighted by Crippen LogP contribution is 2.64. The van der Waals surface area contributed by atoms with Crippen molar-refractivity contribution < 1.29 is 0 Å². The van der Waals surface area contributed by atoms with Gasteiger partial charge in [0.1, 0.15) is 0 Å². The van der Waals surface area contributed by atoms with E-state index in [2.05, 4.69) is 192 Å². The number of hydrogen-bond donors (Lipinski definition) is 0. The fourth-order valence-corrected chi connectivity index (χ4v) is 11.8. The molecular weight excluding hydrogens is 711 g/mol. The molecule has 1 spiro atoms. The molecule has 4 aliphatic rings. The Kier molecular flexibility index (Phi) is 8.13. The number of aryl methyl sites for hydroxylation is 2. The van der Waals surface area contributed by atoms with Gasteiger partial charge in [0.05, 0.1) is 11.1 Å². The Balaban J connectivity index is 1.28. The van der Waals surface area contributed by atoms with Crippen molar-refractivity contribution in [1.82, 2.24) is 0 Å². The molecule has 0 bridgehead atoms. The summed E-state index contributed by atoms with van der Waals surface area (Å²) in [6, 6.07) is 56.8. The average Bonchev–Trinajstić information content (AvgIpc) is 3.72. The van der Waals surface area contributed by atoms with E-state index in [1.54, 1.807) is 5.56 Å². The van der Waals surface area contributed by atoms with Crippen molar-refractivity contribution in [2.75, 3.05) is 4.90 Å². The Hall–Kier alpha value is -5.66. The Labute approximate surface area is 351 Å². The van der Waals surface area contributed by atoms with Gasteiger partial charge in [-0.1, -0.05) is 151 Å². The Bertz CT molecular complexity index is 2770. The molecule has 0 heterocycles. The zero-order chi connectivity index (χ0) is 40.3. The van der Waals surface area contributed by atoms with Gasteiger partial charge >= 0.3 is 0 Å². The van der Waals surface area contributed by atoms with Crippen LogP contribution in [0.5, 0.6) is 0 Å². The standard InChI is InChI=1S/C58H55N/c1-37(2)45-32-38-18-10-11-19-39(38)33-46(45)48-35-47-44-24-14-17-27-51(44)58(49-25-15-12-22-42(49)43-23-13-16-26-50(43)58)53(47)36-55(48)59(40-20-8-7-9-21-40)41-28-29-52-54(34-41)57(5,6)31-30-56(52,3)4/h7-9,12-17,20-29,32-37H,10-11,18-19,30-31H2,1-6H3. The number of anilines is 3. The van der Waals surface area contributed by atoms with Gasteiger partial charge in [-0.25, -0.2) is 0 Å². The van der Waals surface area contributed by atoms with Crippen LogP contribution in [-0.4, -0.2) is 0 Å². The highest BCUT2D eigenvalue weighted by atomic mass is 15.1. The Morgan fingerprint density at radius 2 is 0.966 bits per heavy atom. The zero-order valence-electron chi connectivity index (χ0n) is 35.6. The lowest BCUT2D eigenvalue weighted by Crippen LogP contribution is -2.34. The summed E-state index contributed by atoms with van der Waals surface area (Å²) < 4.78 is 0. The molecule has 1 nitrogen and oxygen atoms in total. The summed E-state index contributed by atoms with van der Waals surface area (Å²) in [4.78, 5) is 2.61. The molecule has 0 aliphatic heterocycles. The quantitative estimate of drug-likeness (QED) is 0.169. The molecule has 1 heteroatoms. The maximum atomic E-state index is 2.63. The minimum Gasteiger partial charge on any atom is -0.310 e. The molecule has 7 aromatic carbocycles. The number of hydrogen-bond acceptors (Lipinski definition) is 1. The molecule has 0 fully saturated rings. The second kappa shape index (κ2) is 13.2. The first-order valence-electron chi connectivity index (χ1n) is 22.2. The summed E-state index contributed by atoms with van der Waals surface area (Å²) in [7, 11) is 0. The maximum Gasteiger partial charge on any atom is 0.0726 e. The number of benzene rings is 7. The molecule has 0 aromatic heterocycles. The first-order valence-corrected chi connectivity index (χ1v) is 22.2. The van der Waals surface area contributed by atoms with E-state index in [1.807, 2.05) is 0 Å². The summed E-state index contributed by atoms with van der Waals surface area (Å²) in [5.74, 6) is 0.377. The summed E-state index contributed by atoms with van der Waals surface area (Å²) in [5, 5.41) is 0. The van der Waals surface area contributed by atoms with E-state index in [0.29, 0.717) is 5.92 Å². The van der Waals surface area contributed by atoms with E-state index in [-0.39, 0.29) is 10.8 Å². The van der Waals surface area contributed by atoms with Crippen LogP contribution in [0.25, 0.3) is 33.4 Å². The number of rotatable bonds is 5. The second-order valence-corrected chi connectivity index (χ2v) is 19.5. The summed E-state index contributed by atoms with van der Waals surface area (Å²) in [6.07, 6.45) is 7.25. The van der Waals surface area contributed by atoms with E-state index in [9.17, 15) is 0 Å². The molecule has 11 rings (SSSR count). The van der Waals surface area contributed by atoms with Gasteiger partial charge in [0.15, 0.2) is 0 Å². The summed E-state index contributed by atoms with van der Waals surface area (Å²) in [5.41, 5.74) is 24.5. The van der Waals surface area contributed by atoms with E-state index >= 15 is 0 Å². The van der Waals surface area contributed by atoms with Crippen LogP contribution in [0.4, 0.5) is 17.1 Å². The lowest BCUT2D eigenvalue weighted by atomic mass is 9.63. The first kappa shape index (κ1) is 36.4. The van der Waals surface area contributed by atoms with Crippen molar-refractivity contribution in [2.24, 2.45) is 0 Å². The van der Waals surface area contributed by atoms with Crippen molar-refractivity contribution in [1.29, 1.82) is 0 Å². The van der Waals surface area contributed by atoms with Crippen LogP contribution in [0.2, 0.25) is 0 Å². The minimum absolute atomic E-state index is 0.0796. The minimum atomic E-state index is -0.437. The Morgan fingerprint density at radius 1 is 0.424 bits per heavy atom. The molecule has 0 saturated heterocycles. The van der Waals surface area contributed by atoms with E-state index in [1.165, 1.54) is 127 Å². The largest absolute Gasteiger partial charge is 0.310 e. The van der Waals surface area contributed by atoms with Crippen LogP contribution < -0.4 is 4.90 Å². The molecule has 0 saturated carbocycles. The first-order chi connectivity index (χ1) is 28.6. The fraction of sp³-hybridized carbons (Fsp3) is 0.276. The van der Waals surface area contributed by atoms with Crippen LogP contribution in [0.1, 0.15) is 123 Å². The average molecular weight is 766 g/mol. The van der Waals surface area contributed by atoms with Gasteiger partial charge in [0, 0.05) is 16.9 Å². The molecular formula is C58H55N. The molecule has 0 unspecified atom stereocenters. The molecule has 0 atom stereocenters. The van der Waals surface area contributed by atoms with Crippen LogP contribution in [0, 0.1) is 0 Å². The van der Waals surface area contributed by atoms with Gasteiger partial charge in [-0.3, -0.25) is 0 Å². The molecule has 0 N–H and O–H groups in total. The molecule has 292 valence electrons. The van der Waals surface area contributed by atoms with Crippen LogP contribution in [-0.2, 0) is 29.1 Å². The van der Waals surface area contributed by atoms with Crippen molar-refractivity contribution in [3.8, 4) is 33.4 Å². The highest BCUT2D eigenvalue weighted by Gasteiger charge is 2.52. The molecule has 4 aliphatic carbocycles. The molecule has 7 aromatic rings.